The number of rotatable bonds is 2. The maximum absolute atomic E-state index is 12.2. The molecule has 0 saturated carbocycles. The molecule has 1 unspecified atom stereocenters. The van der Waals surface area contributed by atoms with Gasteiger partial charge in [-0.1, -0.05) is 26.8 Å². The predicted molar refractivity (Wildman–Crippen MR) is 62.8 cm³/mol. The fraction of sp³-hybridized carbons (Fsp3) is 0.667. The summed E-state index contributed by atoms with van der Waals surface area (Å²) >= 11 is 0. The fourth-order valence-electron chi connectivity index (χ4n) is 1.75. The van der Waals surface area contributed by atoms with E-state index in [4.69, 9.17) is 0 Å². The van der Waals surface area contributed by atoms with E-state index in [0.717, 1.165) is 0 Å². The van der Waals surface area contributed by atoms with Gasteiger partial charge >= 0.3 is 0 Å². The summed E-state index contributed by atoms with van der Waals surface area (Å²) in [4.78, 5) is 25.4. The molecule has 1 heterocycles. The molecule has 4 nitrogen and oxygen atoms in total. The maximum atomic E-state index is 12.2. The molecule has 0 aromatic rings. The zero-order chi connectivity index (χ0) is 12.3. The van der Waals surface area contributed by atoms with Gasteiger partial charge in [0.2, 0.25) is 11.8 Å². The third-order valence-electron chi connectivity index (χ3n) is 2.69. The molecule has 2 amide bonds. The molecule has 1 atom stereocenters. The van der Waals surface area contributed by atoms with Gasteiger partial charge in [-0.25, -0.2) is 0 Å². The third-order valence-corrected chi connectivity index (χ3v) is 2.69. The van der Waals surface area contributed by atoms with E-state index < -0.39 is 6.04 Å². The van der Waals surface area contributed by atoms with Crippen molar-refractivity contribution in [3.63, 3.8) is 0 Å². The molecule has 0 aliphatic carbocycles. The standard InChI is InChI=1S/C12H20N2O2/c1-5-7-14-8-6-9(15)13-10(11(14)16)12(2,3)4/h5,10H,1,6-8H2,2-4H3,(H,13,15). The number of hydrogen-bond donors (Lipinski definition) is 1. The predicted octanol–water partition coefficient (Wildman–Crippen LogP) is 0.936. The summed E-state index contributed by atoms with van der Waals surface area (Å²) in [5.74, 6) is -0.0712. The van der Waals surface area contributed by atoms with E-state index in [1.807, 2.05) is 20.8 Å². The molecule has 1 N–H and O–H groups in total. The molecular weight excluding hydrogens is 204 g/mol. The average Bonchev–Trinajstić information content (AvgIpc) is 2.30. The molecule has 1 fully saturated rings. The number of carbonyl (C=O) groups excluding carboxylic acids is 2. The monoisotopic (exact) mass is 224 g/mol. The Morgan fingerprint density at radius 2 is 2.12 bits per heavy atom. The van der Waals surface area contributed by atoms with Crippen LogP contribution in [0.3, 0.4) is 0 Å². The zero-order valence-corrected chi connectivity index (χ0v) is 10.2. The molecule has 4 heteroatoms. The second kappa shape index (κ2) is 4.68. The van der Waals surface area contributed by atoms with Crippen molar-refractivity contribution >= 4 is 11.8 Å². The topological polar surface area (TPSA) is 49.4 Å². The number of amides is 2. The minimum absolute atomic E-state index is 0.0155. The Morgan fingerprint density at radius 1 is 1.50 bits per heavy atom. The Hall–Kier alpha value is -1.32. The first-order valence-corrected chi connectivity index (χ1v) is 5.55. The molecule has 16 heavy (non-hydrogen) atoms. The van der Waals surface area contributed by atoms with Gasteiger partial charge in [0.05, 0.1) is 0 Å². The van der Waals surface area contributed by atoms with Crippen molar-refractivity contribution in [2.45, 2.75) is 33.2 Å². The molecule has 1 aliphatic heterocycles. The summed E-state index contributed by atoms with van der Waals surface area (Å²) in [5.41, 5.74) is -0.267. The summed E-state index contributed by atoms with van der Waals surface area (Å²) in [5, 5.41) is 2.79. The van der Waals surface area contributed by atoms with Crippen LogP contribution in [0.15, 0.2) is 12.7 Å². The van der Waals surface area contributed by atoms with Gasteiger partial charge in [-0.3, -0.25) is 9.59 Å². The summed E-state index contributed by atoms with van der Waals surface area (Å²) in [6.07, 6.45) is 2.06. The van der Waals surface area contributed by atoms with Crippen molar-refractivity contribution in [3.05, 3.63) is 12.7 Å². The summed E-state index contributed by atoms with van der Waals surface area (Å²) in [6.45, 7) is 10.5. The molecule has 1 rings (SSSR count). The van der Waals surface area contributed by atoms with Crippen molar-refractivity contribution in [2.75, 3.05) is 13.1 Å². The second-order valence-corrected chi connectivity index (χ2v) is 5.19. The van der Waals surface area contributed by atoms with Gasteiger partial charge in [-0.2, -0.15) is 0 Å². The zero-order valence-electron chi connectivity index (χ0n) is 10.2. The lowest BCUT2D eigenvalue weighted by Crippen LogP contribution is -2.51. The van der Waals surface area contributed by atoms with Crippen LogP contribution in [-0.4, -0.2) is 35.8 Å². The highest BCUT2D eigenvalue weighted by Crippen LogP contribution is 2.22. The van der Waals surface area contributed by atoms with Gasteiger partial charge in [0, 0.05) is 19.5 Å². The lowest BCUT2D eigenvalue weighted by Gasteiger charge is -2.31. The highest BCUT2D eigenvalue weighted by molar-refractivity contribution is 5.90. The number of nitrogens with zero attached hydrogens (tertiary/aromatic N) is 1. The molecule has 1 aliphatic rings. The summed E-state index contributed by atoms with van der Waals surface area (Å²) < 4.78 is 0. The van der Waals surface area contributed by atoms with Crippen LogP contribution in [0.25, 0.3) is 0 Å². The van der Waals surface area contributed by atoms with Crippen molar-refractivity contribution in [3.8, 4) is 0 Å². The molecule has 90 valence electrons. The maximum Gasteiger partial charge on any atom is 0.245 e. The molecule has 0 aromatic carbocycles. The van der Waals surface area contributed by atoms with E-state index in [0.29, 0.717) is 19.5 Å². The van der Waals surface area contributed by atoms with Gasteiger partial charge < -0.3 is 10.2 Å². The molecule has 0 radical (unpaired) electrons. The largest absolute Gasteiger partial charge is 0.344 e. The number of hydrogen-bond acceptors (Lipinski definition) is 2. The Morgan fingerprint density at radius 3 is 2.62 bits per heavy atom. The third kappa shape index (κ3) is 2.84. The lowest BCUT2D eigenvalue weighted by molar-refractivity contribution is -0.135. The second-order valence-electron chi connectivity index (χ2n) is 5.19. The van der Waals surface area contributed by atoms with Crippen LogP contribution in [0.1, 0.15) is 27.2 Å². The van der Waals surface area contributed by atoms with Crippen molar-refractivity contribution in [1.29, 1.82) is 0 Å². The molecule has 0 spiro atoms. The quantitative estimate of drug-likeness (QED) is 0.710. The Labute approximate surface area is 96.7 Å². The van der Waals surface area contributed by atoms with Crippen molar-refractivity contribution < 1.29 is 9.59 Å². The van der Waals surface area contributed by atoms with E-state index >= 15 is 0 Å². The van der Waals surface area contributed by atoms with E-state index in [9.17, 15) is 9.59 Å². The summed E-state index contributed by atoms with van der Waals surface area (Å²) in [7, 11) is 0. The van der Waals surface area contributed by atoms with Gasteiger partial charge in [0.25, 0.3) is 0 Å². The first-order valence-electron chi connectivity index (χ1n) is 5.55. The minimum atomic E-state index is -0.442. The van der Waals surface area contributed by atoms with Crippen molar-refractivity contribution in [2.24, 2.45) is 5.41 Å². The number of carbonyl (C=O) groups is 2. The fourth-order valence-corrected chi connectivity index (χ4v) is 1.75. The van der Waals surface area contributed by atoms with Crippen LogP contribution in [0.4, 0.5) is 0 Å². The van der Waals surface area contributed by atoms with Gasteiger partial charge in [-0.05, 0) is 5.41 Å². The smallest absolute Gasteiger partial charge is 0.245 e. The Bertz CT molecular complexity index is 305. The Kier molecular flexibility index (Phi) is 3.73. The minimum Gasteiger partial charge on any atom is -0.344 e. The highest BCUT2D eigenvalue weighted by atomic mass is 16.2. The van der Waals surface area contributed by atoms with Crippen LogP contribution < -0.4 is 5.32 Å². The molecular formula is C12H20N2O2. The SMILES string of the molecule is C=CCN1CCC(=O)NC(C(C)(C)C)C1=O. The molecule has 0 bridgehead atoms. The van der Waals surface area contributed by atoms with Crippen LogP contribution in [0.2, 0.25) is 0 Å². The first-order chi connectivity index (χ1) is 7.36. The average molecular weight is 224 g/mol. The molecule has 1 saturated heterocycles. The van der Waals surface area contributed by atoms with Crippen LogP contribution in [0.5, 0.6) is 0 Å². The Balaban J connectivity index is 2.92. The lowest BCUT2D eigenvalue weighted by atomic mass is 9.86. The van der Waals surface area contributed by atoms with Gasteiger partial charge in [0.15, 0.2) is 0 Å². The van der Waals surface area contributed by atoms with E-state index in [-0.39, 0.29) is 17.2 Å². The van der Waals surface area contributed by atoms with Gasteiger partial charge in [-0.15, -0.1) is 6.58 Å². The van der Waals surface area contributed by atoms with E-state index in [1.54, 1.807) is 11.0 Å². The first kappa shape index (κ1) is 12.7. The van der Waals surface area contributed by atoms with E-state index in [2.05, 4.69) is 11.9 Å². The van der Waals surface area contributed by atoms with Crippen molar-refractivity contribution in [1.82, 2.24) is 10.2 Å². The van der Waals surface area contributed by atoms with Crippen LogP contribution >= 0.6 is 0 Å². The summed E-state index contributed by atoms with van der Waals surface area (Å²) in [6, 6.07) is -0.442. The van der Waals surface area contributed by atoms with Crippen LogP contribution in [-0.2, 0) is 9.59 Å². The highest BCUT2D eigenvalue weighted by Gasteiger charge is 2.37. The van der Waals surface area contributed by atoms with Crippen LogP contribution in [0, 0.1) is 5.41 Å². The normalized spacial score (nSPS) is 22.7. The number of nitrogens with one attached hydrogen (secondary N) is 1. The van der Waals surface area contributed by atoms with E-state index in [1.165, 1.54) is 0 Å². The molecule has 0 aromatic heterocycles. The van der Waals surface area contributed by atoms with Gasteiger partial charge in [0.1, 0.15) is 6.04 Å².